The zero-order chi connectivity index (χ0) is 24.8. The number of nitrogens with zero attached hydrogens (tertiary/aromatic N) is 1. The molecule has 1 aromatic heterocycles. The average molecular weight is 488 g/mol. The Balaban J connectivity index is 1.38. The first-order valence-corrected chi connectivity index (χ1v) is 12.4. The molecule has 35 heavy (non-hydrogen) atoms. The molecule has 0 saturated carbocycles. The minimum atomic E-state index is -0.123. The number of carbonyl (C=O) groups is 2. The van der Waals surface area contributed by atoms with E-state index in [4.69, 9.17) is 4.74 Å². The lowest BCUT2D eigenvalue weighted by Crippen LogP contribution is -2.27. The highest BCUT2D eigenvalue weighted by molar-refractivity contribution is 8.00. The first-order valence-electron chi connectivity index (χ1n) is 11.4. The van der Waals surface area contributed by atoms with Crippen molar-refractivity contribution in [1.29, 1.82) is 0 Å². The molecule has 6 nitrogen and oxygen atoms in total. The Bertz CT molecular complexity index is 1350. The van der Waals surface area contributed by atoms with E-state index in [0.29, 0.717) is 30.2 Å². The van der Waals surface area contributed by atoms with Crippen molar-refractivity contribution >= 4 is 40.2 Å². The molecule has 4 aromatic rings. The van der Waals surface area contributed by atoms with Gasteiger partial charge >= 0.3 is 0 Å². The largest absolute Gasteiger partial charge is 0.497 e. The van der Waals surface area contributed by atoms with Crippen LogP contribution >= 0.6 is 11.8 Å². The molecule has 0 atom stereocenters. The topological polar surface area (TPSA) is 72.4 Å². The van der Waals surface area contributed by atoms with Crippen LogP contribution in [-0.2, 0) is 11.3 Å². The van der Waals surface area contributed by atoms with E-state index in [1.54, 1.807) is 31.4 Å². The predicted octanol–water partition coefficient (Wildman–Crippen LogP) is 5.43. The number of aryl methyl sites for hydroxylation is 1. The zero-order valence-electron chi connectivity index (χ0n) is 20.1. The number of fused-ring (bicyclic) bond motifs is 1. The van der Waals surface area contributed by atoms with Crippen molar-refractivity contribution in [1.82, 2.24) is 9.88 Å². The van der Waals surface area contributed by atoms with Crippen LogP contribution in [0.3, 0.4) is 0 Å². The molecule has 0 bridgehead atoms. The van der Waals surface area contributed by atoms with Gasteiger partial charge in [-0.2, -0.15) is 0 Å². The molecule has 0 fully saturated rings. The summed E-state index contributed by atoms with van der Waals surface area (Å²) in [7, 11) is 1.60. The number of thioether (sulfide) groups is 1. The fourth-order valence-electron chi connectivity index (χ4n) is 3.86. The second-order valence-electron chi connectivity index (χ2n) is 8.27. The Hall–Kier alpha value is -3.71. The minimum absolute atomic E-state index is 0.0349. The number of ether oxygens (including phenoxy) is 1. The van der Waals surface area contributed by atoms with Gasteiger partial charge < -0.3 is 19.9 Å². The molecule has 0 aliphatic carbocycles. The molecule has 7 heteroatoms. The normalized spacial score (nSPS) is 10.8. The summed E-state index contributed by atoms with van der Waals surface area (Å²) in [5, 5.41) is 7.09. The Morgan fingerprint density at radius 2 is 1.74 bits per heavy atom. The van der Waals surface area contributed by atoms with Crippen LogP contribution in [0.25, 0.3) is 10.9 Å². The second kappa shape index (κ2) is 11.1. The average Bonchev–Trinajstić information content (AvgIpc) is 3.23. The van der Waals surface area contributed by atoms with Gasteiger partial charge in [-0.1, -0.05) is 30.3 Å². The standard InChI is InChI=1S/C28H29N3O3S/c1-19-7-6-9-24(20(19)2)30-27(32)18-35-26-17-31(25-10-5-4-8-23(25)26)16-15-29-28(33)21-11-13-22(34-3)14-12-21/h4-14,17H,15-16,18H2,1-3H3,(H,29,33)(H,30,32). The van der Waals surface area contributed by atoms with Crippen molar-refractivity contribution in [2.24, 2.45) is 0 Å². The fourth-order valence-corrected chi connectivity index (χ4v) is 4.75. The van der Waals surface area contributed by atoms with Crippen LogP contribution in [0.4, 0.5) is 5.69 Å². The highest BCUT2D eigenvalue weighted by atomic mass is 32.2. The lowest BCUT2D eigenvalue weighted by Gasteiger charge is -2.10. The third-order valence-electron chi connectivity index (χ3n) is 5.98. The summed E-state index contributed by atoms with van der Waals surface area (Å²) >= 11 is 1.52. The highest BCUT2D eigenvalue weighted by Crippen LogP contribution is 2.30. The number of para-hydroxylation sites is 1. The van der Waals surface area contributed by atoms with Crippen molar-refractivity contribution < 1.29 is 14.3 Å². The number of rotatable bonds is 9. The molecular formula is C28H29N3O3S. The van der Waals surface area contributed by atoms with Crippen molar-refractivity contribution in [2.75, 3.05) is 24.7 Å². The van der Waals surface area contributed by atoms with Gasteiger partial charge in [0, 0.05) is 46.3 Å². The summed E-state index contributed by atoms with van der Waals surface area (Å²) in [6.07, 6.45) is 2.06. The molecule has 0 unspecified atom stereocenters. The number of hydrogen-bond donors (Lipinski definition) is 2. The lowest BCUT2D eigenvalue weighted by molar-refractivity contribution is -0.113. The van der Waals surface area contributed by atoms with Crippen LogP contribution in [0, 0.1) is 13.8 Å². The molecule has 0 aliphatic rings. The molecular weight excluding hydrogens is 458 g/mol. The van der Waals surface area contributed by atoms with Crippen LogP contribution in [-0.4, -0.2) is 35.8 Å². The van der Waals surface area contributed by atoms with E-state index in [-0.39, 0.29) is 11.8 Å². The number of methoxy groups -OCH3 is 1. The molecule has 4 rings (SSSR count). The van der Waals surface area contributed by atoms with Gasteiger partial charge in [0.1, 0.15) is 5.75 Å². The van der Waals surface area contributed by atoms with Gasteiger partial charge in [-0.05, 0) is 61.4 Å². The lowest BCUT2D eigenvalue weighted by atomic mass is 10.1. The molecule has 3 aromatic carbocycles. The van der Waals surface area contributed by atoms with Crippen LogP contribution in [0.15, 0.2) is 77.8 Å². The molecule has 0 spiro atoms. The minimum Gasteiger partial charge on any atom is -0.497 e. The molecule has 1 heterocycles. The number of benzene rings is 3. The van der Waals surface area contributed by atoms with E-state index in [1.165, 1.54) is 11.8 Å². The van der Waals surface area contributed by atoms with Crippen molar-refractivity contribution in [3.63, 3.8) is 0 Å². The molecule has 2 N–H and O–H groups in total. The summed E-state index contributed by atoms with van der Waals surface area (Å²) in [5.74, 6) is 0.873. The Morgan fingerprint density at radius 3 is 2.51 bits per heavy atom. The van der Waals surface area contributed by atoms with Crippen molar-refractivity contribution in [3.05, 3.63) is 89.6 Å². The quantitative estimate of drug-likeness (QED) is 0.309. The summed E-state index contributed by atoms with van der Waals surface area (Å²) in [5.41, 5.74) is 4.75. The Morgan fingerprint density at radius 1 is 0.971 bits per heavy atom. The van der Waals surface area contributed by atoms with Crippen LogP contribution in [0.1, 0.15) is 21.5 Å². The van der Waals surface area contributed by atoms with Crippen LogP contribution in [0.5, 0.6) is 5.75 Å². The maximum Gasteiger partial charge on any atom is 0.251 e. The maximum atomic E-state index is 12.6. The Labute approximate surface area is 209 Å². The third kappa shape index (κ3) is 5.87. The van der Waals surface area contributed by atoms with E-state index < -0.39 is 0 Å². The number of aromatic nitrogens is 1. The van der Waals surface area contributed by atoms with Gasteiger partial charge in [0.15, 0.2) is 0 Å². The van der Waals surface area contributed by atoms with Crippen LogP contribution < -0.4 is 15.4 Å². The van der Waals surface area contributed by atoms with E-state index in [0.717, 1.165) is 32.6 Å². The summed E-state index contributed by atoms with van der Waals surface area (Å²) in [4.78, 5) is 26.1. The summed E-state index contributed by atoms with van der Waals surface area (Å²) < 4.78 is 7.26. The van der Waals surface area contributed by atoms with Gasteiger partial charge in [-0.3, -0.25) is 9.59 Å². The zero-order valence-corrected chi connectivity index (χ0v) is 20.9. The van der Waals surface area contributed by atoms with E-state index in [2.05, 4.69) is 33.5 Å². The summed E-state index contributed by atoms with van der Waals surface area (Å²) in [6.45, 7) is 5.16. The molecule has 2 amide bonds. The highest BCUT2D eigenvalue weighted by Gasteiger charge is 2.12. The molecule has 0 aliphatic heterocycles. The predicted molar refractivity (Wildman–Crippen MR) is 143 cm³/mol. The van der Waals surface area contributed by atoms with Gasteiger partial charge in [0.05, 0.1) is 12.9 Å². The monoisotopic (exact) mass is 487 g/mol. The van der Waals surface area contributed by atoms with Gasteiger partial charge in [0.2, 0.25) is 5.91 Å². The van der Waals surface area contributed by atoms with Gasteiger partial charge in [0.25, 0.3) is 5.91 Å². The molecule has 0 radical (unpaired) electrons. The van der Waals surface area contributed by atoms with E-state index in [1.807, 2.05) is 44.2 Å². The SMILES string of the molecule is COc1ccc(C(=O)NCCn2cc(SCC(=O)Nc3cccc(C)c3C)c3ccccc32)cc1. The number of amides is 2. The van der Waals surface area contributed by atoms with Crippen LogP contribution in [0.2, 0.25) is 0 Å². The van der Waals surface area contributed by atoms with E-state index in [9.17, 15) is 9.59 Å². The summed E-state index contributed by atoms with van der Waals surface area (Å²) in [6, 6.07) is 21.1. The smallest absolute Gasteiger partial charge is 0.251 e. The first-order chi connectivity index (χ1) is 17.0. The number of hydrogen-bond acceptors (Lipinski definition) is 4. The maximum absolute atomic E-state index is 12.6. The molecule has 0 saturated heterocycles. The van der Waals surface area contributed by atoms with E-state index >= 15 is 0 Å². The third-order valence-corrected chi connectivity index (χ3v) is 7.02. The van der Waals surface area contributed by atoms with Crippen molar-refractivity contribution in [2.45, 2.75) is 25.3 Å². The number of nitrogens with one attached hydrogen (secondary N) is 2. The van der Waals surface area contributed by atoms with Gasteiger partial charge in [-0.25, -0.2) is 0 Å². The fraction of sp³-hybridized carbons (Fsp3) is 0.214. The first kappa shape index (κ1) is 24.4. The second-order valence-corrected chi connectivity index (χ2v) is 9.29. The molecule has 180 valence electrons. The Kier molecular flexibility index (Phi) is 7.77. The van der Waals surface area contributed by atoms with Crippen molar-refractivity contribution in [3.8, 4) is 5.75 Å². The number of carbonyl (C=O) groups excluding carboxylic acids is 2. The van der Waals surface area contributed by atoms with Gasteiger partial charge in [-0.15, -0.1) is 11.8 Å². The number of anilines is 1.